The number of sulfone groups is 1. The highest BCUT2D eigenvalue weighted by molar-refractivity contribution is 7.90. The van der Waals surface area contributed by atoms with Crippen LogP contribution in [0.5, 0.6) is 0 Å². The van der Waals surface area contributed by atoms with Gasteiger partial charge in [0.1, 0.15) is 21.7 Å². The zero-order valence-electron chi connectivity index (χ0n) is 14.4. The molecule has 10 heteroatoms. The molecule has 1 aromatic carbocycles. The molecule has 1 saturated carbocycles. The molecule has 0 heterocycles. The number of ketones is 1. The van der Waals surface area contributed by atoms with Crippen molar-refractivity contribution >= 4 is 15.6 Å². The third-order valence-electron chi connectivity index (χ3n) is 4.36. The monoisotopic (exact) mass is 406 g/mol. The minimum absolute atomic E-state index is 0.315. The number of nitrogens with zero attached hydrogens (tertiary/aromatic N) is 1. The summed E-state index contributed by atoms with van der Waals surface area (Å²) in [6.45, 7) is 0. The fourth-order valence-electron chi connectivity index (χ4n) is 2.71. The maximum Gasteiger partial charge on any atom is 0.407 e. The van der Waals surface area contributed by atoms with Crippen LogP contribution in [0, 0.1) is 22.6 Å². The SMILES string of the molecule is CS(=O)(=O)CC(NC(c1ccc(F)cc1)C(F)(F)F)C(=O)CC1(C#N)CC1. The normalized spacial score (nSPS) is 18.4. The molecule has 0 saturated heterocycles. The van der Waals surface area contributed by atoms with Gasteiger partial charge in [0.05, 0.1) is 23.3 Å². The summed E-state index contributed by atoms with van der Waals surface area (Å²) in [5.74, 6) is -2.33. The zero-order valence-corrected chi connectivity index (χ0v) is 15.2. The Bertz CT molecular complexity index is 840. The van der Waals surface area contributed by atoms with Crippen molar-refractivity contribution in [3.05, 3.63) is 35.6 Å². The topological polar surface area (TPSA) is 87.0 Å². The van der Waals surface area contributed by atoms with Crippen LogP contribution in [0.15, 0.2) is 24.3 Å². The average molecular weight is 406 g/mol. The lowest BCUT2D eigenvalue weighted by atomic mass is 9.96. The van der Waals surface area contributed by atoms with Gasteiger partial charge in [0.15, 0.2) is 5.78 Å². The van der Waals surface area contributed by atoms with Crippen LogP contribution in [0.1, 0.15) is 30.9 Å². The van der Waals surface area contributed by atoms with E-state index in [-0.39, 0.29) is 12.0 Å². The highest BCUT2D eigenvalue weighted by atomic mass is 32.2. The summed E-state index contributed by atoms with van der Waals surface area (Å²) in [6, 6.07) is 1.49. The van der Waals surface area contributed by atoms with E-state index in [9.17, 15) is 30.8 Å². The fraction of sp³-hybridized carbons (Fsp3) is 0.529. The molecule has 0 aliphatic heterocycles. The van der Waals surface area contributed by atoms with Gasteiger partial charge >= 0.3 is 6.18 Å². The molecule has 2 atom stereocenters. The van der Waals surface area contributed by atoms with E-state index in [1.807, 2.05) is 6.07 Å². The third-order valence-corrected chi connectivity index (χ3v) is 5.30. The summed E-state index contributed by atoms with van der Waals surface area (Å²) in [7, 11) is -3.78. The van der Waals surface area contributed by atoms with Gasteiger partial charge in [-0.1, -0.05) is 12.1 Å². The number of benzene rings is 1. The number of hydrogen-bond donors (Lipinski definition) is 1. The number of carbonyl (C=O) groups is 1. The second-order valence-corrected chi connectivity index (χ2v) is 9.06. The minimum Gasteiger partial charge on any atom is -0.298 e. The average Bonchev–Trinajstić information content (AvgIpc) is 3.30. The lowest BCUT2D eigenvalue weighted by Gasteiger charge is -2.27. The van der Waals surface area contributed by atoms with E-state index in [1.54, 1.807) is 0 Å². The molecule has 1 aliphatic carbocycles. The lowest BCUT2D eigenvalue weighted by Crippen LogP contribution is -2.48. The van der Waals surface area contributed by atoms with Gasteiger partial charge < -0.3 is 0 Å². The second-order valence-electron chi connectivity index (χ2n) is 6.87. The predicted molar refractivity (Wildman–Crippen MR) is 88.7 cm³/mol. The number of nitriles is 1. The van der Waals surface area contributed by atoms with Crippen LogP contribution in [0.3, 0.4) is 0 Å². The van der Waals surface area contributed by atoms with Crippen molar-refractivity contribution in [1.82, 2.24) is 5.32 Å². The van der Waals surface area contributed by atoms with Crippen LogP contribution < -0.4 is 5.32 Å². The first-order valence-corrected chi connectivity index (χ1v) is 10.1. The number of halogens is 4. The van der Waals surface area contributed by atoms with Gasteiger partial charge in [-0.25, -0.2) is 12.8 Å². The Hall–Kier alpha value is -1.99. The van der Waals surface area contributed by atoms with Crippen molar-refractivity contribution in [2.45, 2.75) is 37.5 Å². The van der Waals surface area contributed by atoms with Crippen LogP contribution in [-0.4, -0.2) is 38.4 Å². The molecular weight excluding hydrogens is 388 g/mol. The zero-order chi connectivity index (χ0) is 20.5. The second kappa shape index (κ2) is 7.56. The Balaban J connectivity index is 2.30. The molecule has 0 amide bonds. The van der Waals surface area contributed by atoms with Crippen LogP contribution in [0.2, 0.25) is 0 Å². The molecule has 5 nitrogen and oxygen atoms in total. The van der Waals surface area contributed by atoms with E-state index in [0.29, 0.717) is 12.8 Å². The number of rotatable bonds is 8. The Kier molecular flexibility index (Phi) is 5.97. The van der Waals surface area contributed by atoms with Crippen molar-refractivity contribution in [1.29, 1.82) is 5.26 Å². The molecule has 0 spiro atoms. The molecule has 27 heavy (non-hydrogen) atoms. The van der Waals surface area contributed by atoms with Gasteiger partial charge in [-0.3, -0.25) is 10.1 Å². The largest absolute Gasteiger partial charge is 0.407 e. The summed E-state index contributed by atoms with van der Waals surface area (Å²) in [4.78, 5) is 12.5. The molecule has 0 aromatic heterocycles. The van der Waals surface area contributed by atoms with Crippen LogP contribution in [-0.2, 0) is 14.6 Å². The summed E-state index contributed by atoms with van der Waals surface area (Å²) in [6.07, 6.45) is -3.46. The van der Waals surface area contributed by atoms with Crippen LogP contribution >= 0.6 is 0 Å². The van der Waals surface area contributed by atoms with E-state index in [2.05, 4.69) is 5.32 Å². The number of hydrogen-bond acceptors (Lipinski definition) is 5. The Labute approximate surface area is 154 Å². The first-order chi connectivity index (χ1) is 12.4. The standard InChI is InChI=1S/C17H18F4N2O3S/c1-27(25,26)9-13(14(24)8-16(10-22)6-7-16)23-15(17(19,20)21)11-2-4-12(18)5-3-11/h2-5,13,15,23H,6-9H2,1H3. The summed E-state index contributed by atoms with van der Waals surface area (Å²) in [5.41, 5.74) is -1.27. The quantitative estimate of drug-likeness (QED) is 0.671. The summed E-state index contributed by atoms with van der Waals surface area (Å²) in [5, 5.41) is 11.2. The van der Waals surface area contributed by atoms with E-state index in [0.717, 1.165) is 30.5 Å². The first kappa shape index (κ1) is 21.3. The van der Waals surface area contributed by atoms with Crippen molar-refractivity contribution in [2.24, 2.45) is 5.41 Å². The van der Waals surface area contributed by atoms with E-state index >= 15 is 0 Å². The van der Waals surface area contributed by atoms with Crippen molar-refractivity contribution in [3.63, 3.8) is 0 Å². The van der Waals surface area contributed by atoms with Gasteiger partial charge in [0.25, 0.3) is 0 Å². The van der Waals surface area contributed by atoms with Gasteiger partial charge in [-0.05, 0) is 30.5 Å². The minimum atomic E-state index is -4.85. The molecular formula is C17H18F4N2O3S. The highest BCUT2D eigenvalue weighted by Crippen LogP contribution is 2.48. The van der Waals surface area contributed by atoms with E-state index < -0.39 is 50.9 Å². The Morgan fingerprint density at radius 3 is 2.26 bits per heavy atom. The lowest BCUT2D eigenvalue weighted by molar-refractivity contribution is -0.160. The van der Waals surface area contributed by atoms with Crippen molar-refractivity contribution in [3.8, 4) is 6.07 Å². The smallest absolute Gasteiger partial charge is 0.298 e. The van der Waals surface area contributed by atoms with Crippen LogP contribution in [0.4, 0.5) is 17.6 Å². The first-order valence-electron chi connectivity index (χ1n) is 8.05. The molecule has 1 N–H and O–H groups in total. The predicted octanol–water partition coefficient (Wildman–Crippen LogP) is 2.69. The maximum absolute atomic E-state index is 13.5. The van der Waals surface area contributed by atoms with Crippen molar-refractivity contribution in [2.75, 3.05) is 12.0 Å². The molecule has 0 bridgehead atoms. The van der Waals surface area contributed by atoms with Gasteiger partial charge in [-0.2, -0.15) is 18.4 Å². The molecule has 2 unspecified atom stereocenters. The van der Waals surface area contributed by atoms with Gasteiger partial charge in [0.2, 0.25) is 0 Å². The van der Waals surface area contributed by atoms with Gasteiger partial charge in [0, 0.05) is 12.7 Å². The Morgan fingerprint density at radius 1 is 1.30 bits per heavy atom. The molecule has 2 rings (SSSR count). The molecule has 0 radical (unpaired) electrons. The molecule has 1 aromatic rings. The Morgan fingerprint density at radius 2 is 1.85 bits per heavy atom. The third kappa shape index (κ3) is 6.01. The number of carbonyl (C=O) groups excluding carboxylic acids is 1. The number of nitrogens with one attached hydrogen (secondary N) is 1. The fourth-order valence-corrected chi connectivity index (χ4v) is 3.60. The molecule has 1 aliphatic rings. The summed E-state index contributed by atoms with van der Waals surface area (Å²) < 4.78 is 76.8. The van der Waals surface area contributed by atoms with Crippen LogP contribution in [0.25, 0.3) is 0 Å². The highest BCUT2D eigenvalue weighted by Gasteiger charge is 2.48. The summed E-state index contributed by atoms with van der Waals surface area (Å²) >= 11 is 0. The number of alkyl halides is 3. The molecule has 1 fully saturated rings. The van der Waals surface area contributed by atoms with Crippen molar-refractivity contribution < 1.29 is 30.8 Å². The van der Waals surface area contributed by atoms with E-state index in [4.69, 9.17) is 5.26 Å². The maximum atomic E-state index is 13.5. The van der Waals surface area contributed by atoms with E-state index in [1.165, 1.54) is 0 Å². The number of Topliss-reactive ketones (excluding diaryl/α,β-unsaturated/α-hetero) is 1. The molecule has 148 valence electrons. The van der Waals surface area contributed by atoms with Gasteiger partial charge in [-0.15, -0.1) is 0 Å².